The third-order valence-electron chi connectivity index (χ3n) is 5.70. The zero-order chi connectivity index (χ0) is 25.2. The van der Waals surface area contributed by atoms with Crippen LogP contribution in [0.3, 0.4) is 0 Å². The fourth-order valence-electron chi connectivity index (χ4n) is 3.61. The van der Waals surface area contributed by atoms with Crippen LogP contribution in [0.15, 0.2) is 83.3 Å². The number of amides is 2. The number of benzene rings is 3. The smallest absolute Gasteiger partial charge is 0.261 e. The van der Waals surface area contributed by atoms with E-state index in [-0.39, 0.29) is 24.2 Å². The zero-order valence-corrected chi connectivity index (χ0v) is 21.5. The molecule has 1 N–H and O–H groups in total. The number of para-hydroxylation sites is 1. The monoisotopic (exact) mass is 540 g/mol. The predicted octanol–water partition coefficient (Wildman–Crippen LogP) is 5.52. The SMILES string of the molecule is CCC(C)NC(=O)C(Cc1ccccc1)N(Cc1cccc(Br)c1)C(=O)COc1ccccc1F. The lowest BCUT2D eigenvalue weighted by molar-refractivity contribution is -0.143. The molecule has 0 saturated heterocycles. The second-order valence-corrected chi connectivity index (χ2v) is 9.31. The van der Waals surface area contributed by atoms with E-state index in [4.69, 9.17) is 4.74 Å². The van der Waals surface area contributed by atoms with Gasteiger partial charge in [-0.1, -0.05) is 77.5 Å². The third-order valence-corrected chi connectivity index (χ3v) is 6.20. The zero-order valence-electron chi connectivity index (χ0n) is 19.9. The van der Waals surface area contributed by atoms with Crippen LogP contribution < -0.4 is 10.1 Å². The van der Waals surface area contributed by atoms with E-state index in [0.29, 0.717) is 6.42 Å². The summed E-state index contributed by atoms with van der Waals surface area (Å²) in [7, 11) is 0. The summed E-state index contributed by atoms with van der Waals surface area (Å²) in [6.07, 6.45) is 1.10. The van der Waals surface area contributed by atoms with Gasteiger partial charge in [-0.15, -0.1) is 0 Å². The molecule has 2 atom stereocenters. The van der Waals surface area contributed by atoms with E-state index in [2.05, 4.69) is 21.2 Å². The summed E-state index contributed by atoms with van der Waals surface area (Å²) < 4.78 is 20.5. The standard InChI is InChI=1S/C28H30BrFN2O3/c1-3-20(2)31-28(34)25(17-21-10-5-4-6-11-21)32(18-22-12-9-13-23(29)16-22)27(33)19-35-26-15-8-7-14-24(26)30/h4-16,20,25H,3,17-19H2,1-2H3,(H,31,34). The topological polar surface area (TPSA) is 58.6 Å². The van der Waals surface area contributed by atoms with Crippen molar-refractivity contribution in [2.75, 3.05) is 6.61 Å². The second-order valence-electron chi connectivity index (χ2n) is 8.39. The van der Waals surface area contributed by atoms with Crippen molar-refractivity contribution in [3.63, 3.8) is 0 Å². The molecule has 0 bridgehead atoms. The molecule has 184 valence electrons. The molecule has 0 saturated carbocycles. The molecule has 3 rings (SSSR count). The minimum atomic E-state index is -0.776. The Morgan fingerprint density at radius 2 is 1.69 bits per heavy atom. The van der Waals surface area contributed by atoms with Crippen molar-refractivity contribution in [2.24, 2.45) is 0 Å². The van der Waals surface area contributed by atoms with Crippen molar-refractivity contribution in [3.8, 4) is 5.75 Å². The Bertz CT molecular complexity index is 1130. The number of carbonyl (C=O) groups is 2. The van der Waals surface area contributed by atoms with E-state index in [1.54, 1.807) is 12.1 Å². The summed E-state index contributed by atoms with van der Waals surface area (Å²) in [5.74, 6) is -1.20. The third kappa shape index (κ3) is 7.92. The van der Waals surface area contributed by atoms with Crippen molar-refractivity contribution in [1.82, 2.24) is 10.2 Å². The van der Waals surface area contributed by atoms with Crippen molar-refractivity contribution in [2.45, 2.75) is 45.3 Å². The first kappa shape index (κ1) is 26.4. The number of halogens is 2. The second kappa shape index (κ2) is 13.0. The molecule has 0 aliphatic heterocycles. The first-order chi connectivity index (χ1) is 16.9. The molecule has 0 heterocycles. The number of carbonyl (C=O) groups excluding carboxylic acids is 2. The normalized spacial score (nSPS) is 12.5. The molecular weight excluding hydrogens is 511 g/mol. The van der Waals surface area contributed by atoms with Gasteiger partial charge < -0.3 is 15.0 Å². The number of hydrogen-bond acceptors (Lipinski definition) is 3. The van der Waals surface area contributed by atoms with Crippen molar-refractivity contribution < 1.29 is 18.7 Å². The summed E-state index contributed by atoms with van der Waals surface area (Å²) in [5, 5.41) is 3.02. The maximum Gasteiger partial charge on any atom is 0.261 e. The Morgan fingerprint density at radius 3 is 2.37 bits per heavy atom. The summed E-state index contributed by atoms with van der Waals surface area (Å²) >= 11 is 3.47. The highest BCUT2D eigenvalue weighted by molar-refractivity contribution is 9.10. The summed E-state index contributed by atoms with van der Waals surface area (Å²) in [4.78, 5) is 28.4. The molecule has 0 aliphatic carbocycles. The van der Waals surface area contributed by atoms with E-state index in [1.807, 2.05) is 68.4 Å². The molecule has 2 amide bonds. The molecule has 2 unspecified atom stereocenters. The van der Waals surface area contributed by atoms with Crippen molar-refractivity contribution in [3.05, 3.63) is 100 Å². The molecule has 0 radical (unpaired) electrons. The van der Waals surface area contributed by atoms with E-state index in [9.17, 15) is 14.0 Å². The average Bonchev–Trinajstić information content (AvgIpc) is 2.86. The molecule has 5 nitrogen and oxygen atoms in total. The van der Waals surface area contributed by atoms with Crippen LogP contribution in [0.1, 0.15) is 31.4 Å². The lowest BCUT2D eigenvalue weighted by Gasteiger charge is -2.32. The van der Waals surface area contributed by atoms with Gasteiger partial charge >= 0.3 is 0 Å². The lowest BCUT2D eigenvalue weighted by atomic mass is 10.0. The van der Waals surface area contributed by atoms with Crippen LogP contribution in [0.25, 0.3) is 0 Å². The van der Waals surface area contributed by atoms with Gasteiger partial charge in [0, 0.05) is 23.5 Å². The molecular formula is C28H30BrFN2O3. The molecule has 3 aromatic rings. The highest BCUT2D eigenvalue weighted by atomic mass is 79.9. The summed E-state index contributed by atoms with van der Waals surface area (Å²) in [6, 6.07) is 22.3. The van der Waals surface area contributed by atoms with Crippen LogP contribution in [0.2, 0.25) is 0 Å². The van der Waals surface area contributed by atoms with Gasteiger partial charge in [-0.05, 0) is 48.7 Å². The minimum absolute atomic E-state index is 0.00748. The Morgan fingerprint density at radius 1 is 1.00 bits per heavy atom. The first-order valence-corrected chi connectivity index (χ1v) is 12.4. The summed E-state index contributed by atoms with van der Waals surface area (Å²) in [6.45, 7) is 3.73. The van der Waals surface area contributed by atoms with Crippen LogP contribution in [0.5, 0.6) is 5.75 Å². The maximum atomic E-state index is 14.1. The van der Waals surface area contributed by atoms with Gasteiger partial charge in [0.15, 0.2) is 18.2 Å². The molecule has 0 spiro atoms. The van der Waals surface area contributed by atoms with E-state index >= 15 is 0 Å². The van der Waals surface area contributed by atoms with E-state index < -0.39 is 24.4 Å². The van der Waals surface area contributed by atoms with Crippen LogP contribution in [0.4, 0.5) is 4.39 Å². The molecule has 35 heavy (non-hydrogen) atoms. The largest absolute Gasteiger partial charge is 0.481 e. The molecule has 7 heteroatoms. The van der Waals surface area contributed by atoms with Gasteiger partial charge in [0.2, 0.25) is 5.91 Å². The van der Waals surface area contributed by atoms with Gasteiger partial charge in [-0.2, -0.15) is 0 Å². The number of ether oxygens (including phenoxy) is 1. The fraction of sp³-hybridized carbons (Fsp3) is 0.286. The van der Waals surface area contributed by atoms with Crippen LogP contribution in [-0.4, -0.2) is 35.4 Å². The fourth-order valence-corrected chi connectivity index (χ4v) is 4.06. The minimum Gasteiger partial charge on any atom is -0.481 e. The van der Waals surface area contributed by atoms with Crippen LogP contribution >= 0.6 is 15.9 Å². The number of hydrogen-bond donors (Lipinski definition) is 1. The van der Waals surface area contributed by atoms with Gasteiger partial charge in [0.05, 0.1) is 0 Å². The molecule has 0 aromatic heterocycles. The van der Waals surface area contributed by atoms with Crippen molar-refractivity contribution >= 4 is 27.7 Å². The Hall–Kier alpha value is -3.19. The Labute approximate surface area is 214 Å². The molecule has 0 aliphatic rings. The molecule has 3 aromatic carbocycles. The highest BCUT2D eigenvalue weighted by Gasteiger charge is 2.31. The summed E-state index contributed by atoms with van der Waals surface area (Å²) in [5.41, 5.74) is 1.78. The van der Waals surface area contributed by atoms with Gasteiger partial charge in [0.1, 0.15) is 6.04 Å². The van der Waals surface area contributed by atoms with E-state index in [1.165, 1.54) is 17.0 Å². The average molecular weight is 541 g/mol. The van der Waals surface area contributed by atoms with Crippen LogP contribution in [0, 0.1) is 5.82 Å². The quantitative estimate of drug-likeness (QED) is 0.348. The Kier molecular flexibility index (Phi) is 9.85. The predicted molar refractivity (Wildman–Crippen MR) is 138 cm³/mol. The maximum absolute atomic E-state index is 14.1. The lowest BCUT2D eigenvalue weighted by Crippen LogP contribution is -2.53. The van der Waals surface area contributed by atoms with E-state index in [0.717, 1.165) is 22.0 Å². The Balaban J connectivity index is 1.92. The molecule has 0 fully saturated rings. The van der Waals surface area contributed by atoms with Gasteiger partial charge in [-0.25, -0.2) is 4.39 Å². The number of rotatable bonds is 11. The first-order valence-electron chi connectivity index (χ1n) is 11.6. The highest BCUT2D eigenvalue weighted by Crippen LogP contribution is 2.20. The van der Waals surface area contributed by atoms with Gasteiger partial charge in [-0.3, -0.25) is 9.59 Å². The number of nitrogens with one attached hydrogen (secondary N) is 1. The van der Waals surface area contributed by atoms with Crippen LogP contribution in [-0.2, 0) is 22.6 Å². The van der Waals surface area contributed by atoms with Gasteiger partial charge in [0.25, 0.3) is 5.91 Å². The van der Waals surface area contributed by atoms with Crippen molar-refractivity contribution in [1.29, 1.82) is 0 Å². The number of nitrogens with zero attached hydrogens (tertiary/aromatic N) is 1.